The van der Waals surface area contributed by atoms with Gasteiger partial charge in [-0.05, 0) is 48.2 Å². The highest BCUT2D eigenvalue weighted by Crippen LogP contribution is 2.40. The second-order valence-electron chi connectivity index (χ2n) is 8.42. The summed E-state index contributed by atoms with van der Waals surface area (Å²) < 4.78 is 18.9. The molecule has 0 spiro atoms. The van der Waals surface area contributed by atoms with Gasteiger partial charge in [-0.1, -0.05) is 65.8 Å². The monoisotopic (exact) mass is 441 g/mol. The molecule has 0 N–H and O–H groups in total. The lowest BCUT2D eigenvalue weighted by atomic mass is 9.72. The number of likely N-dealkylation sites (tertiary alicyclic amines) is 1. The van der Waals surface area contributed by atoms with Crippen LogP contribution in [0.25, 0.3) is 0 Å². The van der Waals surface area contributed by atoms with Crippen LogP contribution in [0.4, 0.5) is 4.39 Å². The van der Waals surface area contributed by atoms with Crippen molar-refractivity contribution >= 4 is 5.91 Å². The van der Waals surface area contributed by atoms with E-state index in [1.165, 1.54) is 24.3 Å². The Morgan fingerprint density at radius 2 is 1.55 bits per heavy atom. The van der Waals surface area contributed by atoms with Gasteiger partial charge in [-0.15, -0.1) is 0 Å². The zero-order valence-corrected chi connectivity index (χ0v) is 18.2. The minimum absolute atomic E-state index is 0.0884. The number of benzene rings is 3. The van der Waals surface area contributed by atoms with Gasteiger partial charge in [0.2, 0.25) is 5.89 Å². The van der Waals surface area contributed by atoms with Crippen LogP contribution in [-0.4, -0.2) is 34.0 Å². The lowest BCUT2D eigenvalue weighted by Crippen LogP contribution is -2.46. The molecule has 0 bridgehead atoms. The molecule has 1 aliphatic rings. The largest absolute Gasteiger partial charge is 0.339 e. The third-order valence-electron chi connectivity index (χ3n) is 6.42. The number of carbonyl (C=O) groups is 1. The predicted octanol–water partition coefficient (Wildman–Crippen LogP) is 5.02. The van der Waals surface area contributed by atoms with E-state index < -0.39 is 5.41 Å². The molecule has 1 fully saturated rings. The van der Waals surface area contributed by atoms with E-state index in [0.717, 1.165) is 11.1 Å². The molecule has 0 unspecified atom stereocenters. The van der Waals surface area contributed by atoms with Crippen LogP contribution in [0.5, 0.6) is 0 Å². The average molecular weight is 442 g/mol. The molecular weight excluding hydrogens is 417 g/mol. The second-order valence-corrected chi connectivity index (χ2v) is 8.42. The predicted molar refractivity (Wildman–Crippen MR) is 122 cm³/mol. The zero-order chi connectivity index (χ0) is 22.7. The van der Waals surface area contributed by atoms with E-state index in [2.05, 4.69) is 17.3 Å². The number of hydrogen-bond donors (Lipinski definition) is 0. The van der Waals surface area contributed by atoms with Crippen LogP contribution in [0.1, 0.15) is 46.0 Å². The molecule has 0 atom stereocenters. The number of hydrogen-bond acceptors (Lipinski definition) is 4. The molecular formula is C27H24FN3O2. The van der Waals surface area contributed by atoms with Crippen molar-refractivity contribution in [3.63, 3.8) is 0 Å². The van der Waals surface area contributed by atoms with E-state index in [9.17, 15) is 9.18 Å². The van der Waals surface area contributed by atoms with Crippen molar-refractivity contribution in [2.75, 3.05) is 13.1 Å². The molecule has 0 radical (unpaired) electrons. The lowest BCUT2D eigenvalue weighted by molar-refractivity contribution is 0.0680. The van der Waals surface area contributed by atoms with E-state index >= 15 is 0 Å². The quantitative estimate of drug-likeness (QED) is 0.436. The van der Waals surface area contributed by atoms with Crippen molar-refractivity contribution in [3.05, 3.63) is 119 Å². The number of aromatic nitrogens is 2. The first-order valence-corrected chi connectivity index (χ1v) is 11.1. The van der Waals surface area contributed by atoms with Gasteiger partial charge in [0.05, 0.1) is 11.8 Å². The molecule has 1 amide bonds. The first-order chi connectivity index (χ1) is 16.1. The number of nitrogens with zero attached hydrogens (tertiary/aromatic N) is 3. The molecule has 3 aromatic carbocycles. The van der Waals surface area contributed by atoms with Gasteiger partial charge in [0.1, 0.15) is 5.82 Å². The number of rotatable bonds is 5. The fourth-order valence-corrected chi connectivity index (χ4v) is 4.56. The average Bonchev–Trinajstić information content (AvgIpc) is 3.34. The van der Waals surface area contributed by atoms with Crippen molar-refractivity contribution in [2.24, 2.45) is 0 Å². The topological polar surface area (TPSA) is 59.2 Å². The summed E-state index contributed by atoms with van der Waals surface area (Å²) in [6, 6.07) is 25.9. The van der Waals surface area contributed by atoms with Gasteiger partial charge in [-0.25, -0.2) is 4.39 Å². The molecule has 5 rings (SSSR count). The molecule has 33 heavy (non-hydrogen) atoms. The highest BCUT2D eigenvalue weighted by atomic mass is 19.1. The maximum Gasteiger partial charge on any atom is 0.253 e. The summed E-state index contributed by atoms with van der Waals surface area (Å²) in [5.74, 6) is 0.802. The van der Waals surface area contributed by atoms with Crippen LogP contribution in [0.2, 0.25) is 0 Å². The van der Waals surface area contributed by atoms with Crippen LogP contribution in [0.15, 0.2) is 89.5 Å². The molecule has 1 aromatic heterocycles. The first-order valence-electron chi connectivity index (χ1n) is 11.1. The van der Waals surface area contributed by atoms with Crippen molar-refractivity contribution in [1.29, 1.82) is 0 Å². The SMILES string of the molecule is O=C(c1ccc(F)cc1)N1CCC(c2ccccc2)(c2noc(Cc3ccccc3)n2)CC1. The maximum absolute atomic E-state index is 13.3. The summed E-state index contributed by atoms with van der Waals surface area (Å²) in [7, 11) is 0. The molecule has 6 heteroatoms. The summed E-state index contributed by atoms with van der Waals surface area (Å²) in [6.07, 6.45) is 1.93. The first kappa shape index (κ1) is 21.1. The number of halogens is 1. The highest BCUT2D eigenvalue weighted by molar-refractivity contribution is 5.94. The van der Waals surface area contributed by atoms with E-state index in [-0.39, 0.29) is 11.7 Å². The fraction of sp³-hybridized carbons (Fsp3) is 0.222. The Morgan fingerprint density at radius 1 is 0.909 bits per heavy atom. The van der Waals surface area contributed by atoms with Crippen LogP contribution in [0, 0.1) is 5.82 Å². The smallest absolute Gasteiger partial charge is 0.253 e. The summed E-state index contributed by atoms with van der Waals surface area (Å²) >= 11 is 0. The standard InChI is InChI=1S/C27H24FN3O2/c28-23-13-11-21(12-14-23)25(32)31-17-15-27(16-18-31,22-9-5-2-6-10-22)26-29-24(33-30-26)19-20-7-3-1-4-8-20/h1-14H,15-19H2. The van der Waals surface area contributed by atoms with Gasteiger partial charge in [-0.3, -0.25) is 4.79 Å². The Labute approximate surface area is 191 Å². The van der Waals surface area contributed by atoms with E-state index in [4.69, 9.17) is 9.51 Å². The molecule has 2 heterocycles. The minimum atomic E-state index is -0.431. The van der Waals surface area contributed by atoms with E-state index in [1.807, 2.05) is 53.4 Å². The van der Waals surface area contributed by atoms with Gasteiger partial charge >= 0.3 is 0 Å². The van der Waals surface area contributed by atoms with Gasteiger partial charge in [-0.2, -0.15) is 4.98 Å². The van der Waals surface area contributed by atoms with Crippen LogP contribution in [-0.2, 0) is 11.8 Å². The summed E-state index contributed by atoms with van der Waals surface area (Å²) in [5.41, 5.74) is 2.29. The van der Waals surface area contributed by atoms with Gasteiger partial charge < -0.3 is 9.42 Å². The lowest BCUT2D eigenvalue weighted by Gasteiger charge is -2.40. The van der Waals surface area contributed by atoms with Crippen molar-refractivity contribution in [2.45, 2.75) is 24.7 Å². The Kier molecular flexibility index (Phi) is 5.73. The fourth-order valence-electron chi connectivity index (χ4n) is 4.56. The number of amides is 1. The Hall–Kier alpha value is -3.80. The van der Waals surface area contributed by atoms with E-state index in [0.29, 0.717) is 49.6 Å². The second kappa shape index (κ2) is 8.98. The maximum atomic E-state index is 13.3. The van der Waals surface area contributed by atoms with Crippen LogP contribution >= 0.6 is 0 Å². The Balaban J connectivity index is 1.40. The third kappa shape index (κ3) is 4.29. The van der Waals surface area contributed by atoms with Gasteiger partial charge in [0.25, 0.3) is 5.91 Å². The van der Waals surface area contributed by atoms with Crippen molar-refractivity contribution in [1.82, 2.24) is 15.0 Å². The summed E-state index contributed by atoms with van der Waals surface area (Å²) in [5, 5.41) is 4.39. The minimum Gasteiger partial charge on any atom is -0.339 e. The number of carbonyl (C=O) groups excluding carboxylic acids is 1. The summed E-state index contributed by atoms with van der Waals surface area (Å²) in [4.78, 5) is 19.6. The van der Waals surface area contributed by atoms with Crippen LogP contribution in [0.3, 0.4) is 0 Å². The Morgan fingerprint density at radius 3 is 2.21 bits per heavy atom. The molecule has 1 saturated heterocycles. The van der Waals surface area contributed by atoms with Gasteiger partial charge in [0, 0.05) is 18.7 Å². The molecule has 5 nitrogen and oxygen atoms in total. The molecule has 166 valence electrons. The zero-order valence-electron chi connectivity index (χ0n) is 18.2. The van der Waals surface area contributed by atoms with Crippen molar-refractivity contribution in [3.8, 4) is 0 Å². The molecule has 1 aliphatic heterocycles. The van der Waals surface area contributed by atoms with Crippen LogP contribution < -0.4 is 0 Å². The number of piperidine rings is 1. The van der Waals surface area contributed by atoms with Crippen molar-refractivity contribution < 1.29 is 13.7 Å². The third-order valence-corrected chi connectivity index (χ3v) is 6.42. The van der Waals surface area contributed by atoms with E-state index in [1.54, 1.807) is 0 Å². The molecule has 0 saturated carbocycles. The summed E-state index contributed by atoms with van der Waals surface area (Å²) in [6.45, 7) is 1.10. The highest BCUT2D eigenvalue weighted by Gasteiger charge is 2.42. The molecule has 4 aromatic rings. The van der Waals surface area contributed by atoms with Gasteiger partial charge in [0.15, 0.2) is 5.82 Å². The Bertz CT molecular complexity index is 1220. The molecule has 0 aliphatic carbocycles. The normalized spacial score (nSPS) is 15.4.